The number of carbonyl (C=O) groups is 1. The predicted molar refractivity (Wildman–Crippen MR) is 100 cm³/mol. The van der Waals surface area contributed by atoms with E-state index in [0.29, 0.717) is 13.1 Å². The van der Waals surface area contributed by atoms with Gasteiger partial charge in [0.15, 0.2) is 0 Å². The number of sulfonamides is 1. The lowest BCUT2D eigenvalue weighted by atomic mass is 10.1. The van der Waals surface area contributed by atoms with Crippen LogP contribution in [0, 0.1) is 0 Å². The molecular weight excluding hydrogens is 409 g/mol. The molecule has 0 aliphatic carbocycles. The molecule has 6 nitrogen and oxygen atoms in total. The number of ether oxygens (including phenoxy) is 1. The summed E-state index contributed by atoms with van der Waals surface area (Å²) >= 11 is 0. The Hall–Kier alpha value is -2.59. The van der Waals surface area contributed by atoms with Crippen LogP contribution in [0.1, 0.15) is 28.8 Å². The zero-order chi connectivity index (χ0) is 21.2. The second-order valence-corrected chi connectivity index (χ2v) is 8.44. The van der Waals surface area contributed by atoms with Gasteiger partial charge in [-0.15, -0.1) is 0 Å². The third kappa shape index (κ3) is 4.54. The van der Waals surface area contributed by atoms with Crippen molar-refractivity contribution in [1.82, 2.24) is 4.31 Å². The molecule has 1 heterocycles. The highest BCUT2D eigenvalue weighted by atomic mass is 32.2. The van der Waals surface area contributed by atoms with Gasteiger partial charge in [0.1, 0.15) is 5.75 Å². The Morgan fingerprint density at radius 1 is 1.07 bits per heavy atom. The number of nitrogens with one attached hydrogen (secondary N) is 1. The van der Waals surface area contributed by atoms with Crippen molar-refractivity contribution in [3.05, 3.63) is 53.6 Å². The Labute approximate surface area is 166 Å². The third-order valence-corrected chi connectivity index (χ3v) is 6.48. The Morgan fingerprint density at radius 3 is 2.24 bits per heavy atom. The molecule has 1 amide bonds. The van der Waals surface area contributed by atoms with E-state index in [9.17, 15) is 26.4 Å². The topological polar surface area (TPSA) is 75.7 Å². The maximum Gasteiger partial charge on any atom is 0.416 e. The molecule has 1 saturated heterocycles. The zero-order valence-corrected chi connectivity index (χ0v) is 16.3. The SMILES string of the molecule is COc1ccc(S(=O)(=O)N2CCCC2)cc1C(=O)Nc1ccc(C(F)(F)F)cc1. The van der Waals surface area contributed by atoms with E-state index >= 15 is 0 Å². The number of anilines is 1. The molecule has 0 radical (unpaired) electrons. The highest BCUT2D eigenvalue weighted by Crippen LogP contribution is 2.30. The molecule has 0 atom stereocenters. The summed E-state index contributed by atoms with van der Waals surface area (Å²) in [6, 6.07) is 7.90. The van der Waals surface area contributed by atoms with E-state index in [1.54, 1.807) is 0 Å². The number of hydrogen-bond acceptors (Lipinski definition) is 4. The second-order valence-electron chi connectivity index (χ2n) is 6.50. The summed E-state index contributed by atoms with van der Waals surface area (Å²) in [5, 5.41) is 2.47. The first-order valence-electron chi connectivity index (χ1n) is 8.80. The van der Waals surface area contributed by atoms with Crippen LogP contribution in [0.2, 0.25) is 0 Å². The Balaban J connectivity index is 1.87. The van der Waals surface area contributed by atoms with Crippen molar-refractivity contribution in [2.45, 2.75) is 23.9 Å². The number of alkyl halides is 3. The maximum atomic E-state index is 12.7. The van der Waals surface area contributed by atoms with Crippen LogP contribution in [0.25, 0.3) is 0 Å². The van der Waals surface area contributed by atoms with Crippen LogP contribution >= 0.6 is 0 Å². The van der Waals surface area contributed by atoms with Gasteiger partial charge in [-0.25, -0.2) is 8.42 Å². The maximum absolute atomic E-state index is 12.7. The molecule has 156 valence electrons. The van der Waals surface area contributed by atoms with Crippen molar-refractivity contribution in [3.8, 4) is 5.75 Å². The van der Waals surface area contributed by atoms with Gasteiger partial charge in [0, 0.05) is 18.8 Å². The first kappa shape index (κ1) is 21.1. The van der Waals surface area contributed by atoms with Crippen LogP contribution in [-0.2, 0) is 16.2 Å². The van der Waals surface area contributed by atoms with Gasteiger partial charge in [-0.05, 0) is 55.3 Å². The van der Waals surface area contributed by atoms with Gasteiger partial charge < -0.3 is 10.1 Å². The van der Waals surface area contributed by atoms with E-state index in [1.165, 1.54) is 29.6 Å². The quantitative estimate of drug-likeness (QED) is 0.787. The highest BCUT2D eigenvalue weighted by Gasteiger charge is 2.30. The number of nitrogens with zero attached hydrogens (tertiary/aromatic N) is 1. The first-order chi connectivity index (χ1) is 13.6. The molecule has 0 aromatic heterocycles. The number of carbonyl (C=O) groups excluding carboxylic acids is 1. The Kier molecular flexibility index (Phi) is 5.85. The van der Waals surface area contributed by atoms with Gasteiger partial charge in [0.05, 0.1) is 23.1 Å². The summed E-state index contributed by atoms with van der Waals surface area (Å²) in [7, 11) is -2.41. The molecule has 3 rings (SSSR count). The molecule has 10 heteroatoms. The monoisotopic (exact) mass is 428 g/mol. The van der Waals surface area contributed by atoms with Gasteiger partial charge in [0.25, 0.3) is 5.91 Å². The summed E-state index contributed by atoms with van der Waals surface area (Å²) in [5.41, 5.74) is -0.739. The number of methoxy groups -OCH3 is 1. The van der Waals surface area contributed by atoms with Crippen molar-refractivity contribution in [1.29, 1.82) is 0 Å². The van der Waals surface area contributed by atoms with E-state index in [4.69, 9.17) is 4.74 Å². The normalized spacial score (nSPS) is 15.3. The highest BCUT2D eigenvalue weighted by molar-refractivity contribution is 7.89. The fraction of sp³-hybridized carbons (Fsp3) is 0.316. The number of hydrogen-bond donors (Lipinski definition) is 1. The van der Waals surface area contributed by atoms with E-state index < -0.39 is 27.7 Å². The van der Waals surface area contributed by atoms with E-state index in [2.05, 4.69) is 5.32 Å². The molecule has 0 spiro atoms. The van der Waals surface area contributed by atoms with Gasteiger partial charge in [-0.1, -0.05) is 0 Å². The lowest BCUT2D eigenvalue weighted by molar-refractivity contribution is -0.137. The number of rotatable bonds is 5. The molecule has 0 bridgehead atoms. The van der Waals surface area contributed by atoms with Crippen LogP contribution in [0.5, 0.6) is 5.75 Å². The van der Waals surface area contributed by atoms with Crippen LogP contribution < -0.4 is 10.1 Å². The summed E-state index contributed by atoms with van der Waals surface area (Å²) in [6.07, 6.45) is -2.93. The predicted octanol–water partition coefficient (Wildman–Crippen LogP) is 3.75. The van der Waals surface area contributed by atoms with Crippen molar-refractivity contribution >= 4 is 21.6 Å². The van der Waals surface area contributed by atoms with Gasteiger partial charge in [-0.3, -0.25) is 4.79 Å². The average Bonchev–Trinajstić information content (AvgIpc) is 3.23. The van der Waals surface area contributed by atoms with Gasteiger partial charge >= 0.3 is 6.18 Å². The Morgan fingerprint density at radius 2 is 1.69 bits per heavy atom. The fourth-order valence-electron chi connectivity index (χ4n) is 3.04. The minimum Gasteiger partial charge on any atom is -0.496 e. The molecule has 1 fully saturated rings. The summed E-state index contributed by atoms with van der Waals surface area (Å²) in [5.74, 6) is -0.546. The molecule has 29 heavy (non-hydrogen) atoms. The van der Waals surface area contributed by atoms with Crippen LogP contribution in [0.3, 0.4) is 0 Å². The molecule has 0 unspecified atom stereocenters. The molecule has 1 N–H and O–H groups in total. The number of benzene rings is 2. The third-order valence-electron chi connectivity index (χ3n) is 4.59. The fourth-order valence-corrected chi connectivity index (χ4v) is 4.59. The van der Waals surface area contributed by atoms with Crippen molar-refractivity contribution in [2.75, 3.05) is 25.5 Å². The second kappa shape index (κ2) is 8.03. The summed E-state index contributed by atoms with van der Waals surface area (Å²) in [6.45, 7) is 0.836. The van der Waals surface area contributed by atoms with E-state index in [-0.39, 0.29) is 21.9 Å². The lowest BCUT2D eigenvalue weighted by Crippen LogP contribution is -2.28. The molecular formula is C19H19F3N2O4S. The van der Waals surface area contributed by atoms with Crippen molar-refractivity contribution < 1.29 is 31.1 Å². The molecule has 2 aromatic carbocycles. The van der Waals surface area contributed by atoms with E-state index in [1.807, 2.05) is 0 Å². The molecule has 0 saturated carbocycles. The minimum atomic E-state index is -4.48. The molecule has 1 aliphatic heterocycles. The average molecular weight is 428 g/mol. The Bertz CT molecular complexity index is 999. The van der Waals surface area contributed by atoms with Crippen molar-refractivity contribution in [2.24, 2.45) is 0 Å². The number of halogens is 3. The van der Waals surface area contributed by atoms with Crippen molar-refractivity contribution in [3.63, 3.8) is 0 Å². The molecule has 1 aliphatic rings. The van der Waals surface area contributed by atoms with Crippen LogP contribution in [0.15, 0.2) is 47.4 Å². The van der Waals surface area contributed by atoms with Gasteiger partial charge in [0.2, 0.25) is 10.0 Å². The first-order valence-corrected chi connectivity index (χ1v) is 10.2. The van der Waals surface area contributed by atoms with E-state index in [0.717, 1.165) is 37.1 Å². The summed E-state index contributed by atoms with van der Waals surface area (Å²) < 4.78 is 70.0. The smallest absolute Gasteiger partial charge is 0.416 e. The standard InChI is InChI=1S/C19H19F3N2O4S/c1-28-17-9-8-15(29(26,27)24-10-2-3-11-24)12-16(17)18(25)23-14-6-4-13(5-7-14)19(20,21)22/h4-9,12H,2-3,10-11H2,1H3,(H,23,25). The number of amides is 1. The molecule has 2 aromatic rings. The minimum absolute atomic E-state index is 0.0346. The lowest BCUT2D eigenvalue weighted by Gasteiger charge is -2.17. The largest absolute Gasteiger partial charge is 0.496 e. The summed E-state index contributed by atoms with van der Waals surface area (Å²) in [4.78, 5) is 12.6. The zero-order valence-electron chi connectivity index (χ0n) is 15.5. The van der Waals surface area contributed by atoms with Crippen LogP contribution in [-0.4, -0.2) is 38.8 Å². The van der Waals surface area contributed by atoms with Gasteiger partial charge in [-0.2, -0.15) is 17.5 Å². The van der Waals surface area contributed by atoms with Crippen LogP contribution in [0.4, 0.5) is 18.9 Å².